The van der Waals surface area contributed by atoms with Gasteiger partial charge in [0, 0.05) is 31.7 Å². The van der Waals surface area contributed by atoms with Crippen molar-refractivity contribution in [3.63, 3.8) is 0 Å². The van der Waals surface area contributed by atoms with E-state index < -0.39 is 5.91 Å². The average Bonchev–Trinajstić information content (AvgIpc) is 2.65. The molecule has 1 aromatic carbocycles. The zero-order valence-electron chi connectivity index (χ0n) is 16.4. The maximum atomic E-state index is 11.9. The standard InChI is InChI=1S/C19H33N5O3/c1-21-6-3-5-18(25)24-13-16-9-15(10-17(11-16)19(20)26)12-23-14-27-8-4-7-22-2/h9-11,21-23H,3-8,12-14H2,1-2H3,(H2,20,26)(H,24,25). The Hall–Kier alpha value is -2.00. The summed E-state index contributed by atoms with van der Waals surface area (Å²) >= 11 is 0. The Balaban J connectivity index is 2.50. The molecule has 152 valence electrons. The molecule has 0 saturated heterocycles. The zero-order valence-corrected chi connectivity index (χ0v) is 16.4. The molecule has 27 heavy (non-hydrogen) atoms. The number of nitrogens with one attached hydrogen (secondary N) is 4. The summed E-state index contributed by atoms with van der Waals surface area (Å²) in [6.45, 7) is 3.76. The molecular formula is C19H33N5O3. The number of amides is 2. The molecule has 1 rings (SSSR count). The summed E-state index contributed by atoms with van der Waals surface area (Å²) in [4.78, 5) is 23.4. The lowest BCUT2D eigenvalue weighted by molar-refractivity contribution is -0.121. The molecule has 8 nitrogen and oxygen atoms in total. The molecule has 0 atom stereocenters. The van der Waals surface area contributed by atoms with Gasteiger partial charge in [-0.05, 0) is 63.3 Å². The van der Waals surface area contributed by atoms with Gasteiger partial charge in [0.1, 0.15) is 0 Å². The number of nitrogens with two attached hydrogens (primary N) is 1. The van der Waals surface area contributed by atoms with Gasteiger partial charge in [-0.1, -0.05) is 6.07 Å². The lowest BCUT2D eigenvalue weighted by Crippen LogP contribution is -2.24. The van der Waals surface area contributed by atoms with Crippen LogP contribution in [0, 0.1) is 0 Å². The Kier molecular flexibility index (Phi) is 12.0. The quantitative estimate of drug-likeness (QED) is 0.218. The van der Waals surface area contributed by atoms with Crippen LogP contribution < -0.4 is 27.0 Å². The fourth-order valence-electron chi connectivity index (χ4n) is 2.51. The second kappa shape index (κ2) is 14.1. The van der Waals surface area contributed by atoms with Crippen LogP contribution in [0.3, 0.4) is 0 Å². The van der Waals surface area contributed by atoms with Crippen molar-refractivity contribution in [2.75, 3.05) is 40.5 Å². The van der Waals surface area contributed by atoms with Gasteiger partial charge in [0.05, 0.1) is 6.73 Å². The van der Waals surface area contributed by atoms with Gasteiger partial charge in [0.25, 0.3) is 0 Å². The maximum Gasteiger partial charge on any atom is 0.248 e. The Morgan fingerprint density at radius 1 is 1.00 bits per heavy atom. The lowest BCUT2D eigenvalue weighted by atomic mass is 10.0. The van der Waals surface area contributed by atoms with Crippen molar-refractivity contribution in [2.45, 2.75) is 32.4 Å². The lowest BCUT2D eigenvalue weighted by Gasteiger charge is -2.11. The van der Waals surface area contributed by atoms with E-state index in [4.69, 9.17) is 10.5 Å². The number of hydrogen-bond acceptors (Lipinski definition) is 6. The summed E-state index contributed by atoms with van der Waals surface area (Å²) in [5.41, 5.74) is 7.63. The number of carbonyl (C=O) groups excluding carboxylic acids is 2. The van der Waals surface area contributed by atoms with E-state index in [1.807, 2.05) is 20.2 Å². The molecule has 0 spiro atoms. The maximum absolute atomic E-state index is 11.9. The van der Waals surface area contributed by atoms with Crippen LogP contribution in [0.25, 0.3) is 0 Å². The highest BCUT2D eigenvalue weighted by Gasteiger charge is 2.07. The summed E-state index contributed by atoms with van der Waals surface area (Å²) in [6.07, 6.45) is 2.20. The molecule has 0 saturated carbocycles. The van der Waals surface area contributed by atoms with Crippen molar-refractivity contribution in [3.05, 3.63) is 34.9 Å². The summed E-state index contributed by atoms with van der Waals surface area (Å²) in [6, 6.07) is 5.43. The first-order chi connectivity index (χ1) is 13.1. The van der Waals surface area contributed by atoms with Gasteiger partial charge >= 0.3 is 0 Å². The highest BCUT2D eigenvalue weighted by molar-refractivity contribution is 5.93. The molecule has 0 aliphatic rings. The fourth-order valence-corrected chi connectivity index (χ4v) is 2.51. The van der Waals surface area contributed by atoms with E-state index in [0.717, 1.165) is 37.1 Å². The van der Waals surface area contributed by atoms with Crippen LogP contribution in [0.1, 0.15) is 40.7 Å². The molecular weight excluding hydrogens is 346 g/mol. The number of benzene rings is 1. The van der Waals surface area contributed by atoms with Crippen LogP contribution in [0.4, 0.5) is 0 Å². The first-order valence-electron chi connectivity index (χ1n) is 9.33. The largest absolute Gasteiger partial charge is 0.366 e. The zero-order chi connectivity index (χ0) is 19.9. The summed E-state index contributed by atoms with van der Waals surface area (Å²) in [7, 11) is 3.77. The fraction of sp³-hybridized carbons (Fsp3) is 0.579. The molecule has 2 amide bonds. The monoisotopic (exact) mass is 379 g/mol. The van der Waals surface area contributed by atoms with Gasteiger partial charge in [-0.3, -0.25) is 14.9 Å². The molecule has 0 aromatic heterocycles. The van der Waals surface area contributed by atoms with E-state index in [1.165, 1.54) is 0 Å². The van der Waals surface area contributed by atoms with Crippen molar-refractivity contribution in [2.24, 2.45) is 5.73 Å². The van der Waals surface area contributed by atoms with Crippen molar-refractivity contribution < 1.29 is 14.3 Å². The van der Waals surface area contributed by atoms with Crippen molar-refractivity contribution in [1.29, 1.82) is 0 Å². The molecule has 0 bridgehead atoms. The van der Waals surface area contributed by atoms with E-state index in [0.29, 0.717) is 38.4 Å². The molecule has 6 N–H and O–H groups in total. The smallest absolute Gasteiger partial charge is 0.248 e. The van der Waals surface area contributed by atoms with E-state index in [1.54, 1.807) is 12.1 Å². The third kappa shape index (κ3) is 10.7. The molecule has 0 unspecified atom stereocenters. The Morgan fingerprint density at radius 2 is 1.67 bits per heavy atom. The Labute approximate surface area is 161 Å². The SMILES string of the molecule is CNCCCOCNCc1cc(CNC(=O)CCCNC)cc(C(N)=O)c1. The Morgan fingerprint density at radius 3 is 2.33 bits per heavy atom. The van der Waals surface area contributed by atoms with Gasteiger partial charge in [-0.2, -0.15) is 0 Å². The molecule has 0 fully saturated rings. The first-order valence-corrected chi connectivity index (χ1v) is 9.33. The topological polar surface area (TPSA) is 118 Å². The number of primary amides is 1. The number of ether oxygens (including phenoxy) is 1. The second-order valence-corrected chi connectivity index (χ2v) is 6.32. The van der Waals surface area contributed by atoms with E-state index in [9.17, 15) is 9.59 Å². The van der Waals surface area contributed by atoms with Gasteiger partial charge < -0.3 is 26.4 Å². The van der Waals surface area contributed by atoms with Crippen molar-refractivity contribution in [1.82, 2.24) is 21.3 Å². The molecule has 8 heteroatoms. The summed E-state index contributed by atoms with van der Waals surface area (Å²) < 4.78 is 5.49. The molecule has 1 aromatic rings. The van der Waals surface area contributed by atoms with Crippen LogP contribution in [0.5, 0.6) is 0 Å². The third-order valence-corrected chi connectivity index (χ3v) is 3.91. The minimum atomic E-state index is -0.484. The van der Waals surface area contributed by atoms with Crippen LogP contribution >= 0.6 is 0 Å². The summed E-state index contributed by atoms with van der Waals surface area (Å²) in [5, 5.41) is 12.1. The predicted octanol–water partition coefficient (Wildman–Crippen LogP) is 0.0745. The Bertz CT molecular complexity index is 580. The first kappa shape index (κ1) is 23.0. The minimum Gasteiger partial charge on any atom is -0.366 e. The highest BCUT2D eigenvalue weighted by Crippen LogP contribution is 2.11. The van der Waals surface area contributed by atoms with Crippen LogP contribution in [-0.2, 0) is 22.6 Å². The van der Waals surface area contributed by atoms with E-state index in [-0.39, 0.29) is 5.91 Å². The number of carbonyl (C=O) groups is 2. The molecule has 0 radical (unpaired) electrons. The van der Waals surface area contributed by atoms with E-state index in [2.05, 4.69) is 21.3 Å². The van der Waals surface area contributed by atoms with E-state index >= 15 is 0 Å². The van der Waals surface area contributed by atoms with Crippen LogP contribution in [-0.4, -0.2) is 52.3 Å². The molecule has 0 aliphatic heterocycles. The van der Waals surface area contributed by atoms with Crippen molar-refractivity contribution in [3.8, 4) is 0 Å². The third-order valence-electron chi connectivity index (χ3n) is 3.91. The van der Waals surface area contributed by atoms with Crippen LogP contribution in [0.15, 0.2) is 18.2 Å². The average molecular weight is 380 g/mol. The van der Waals surface area contributed by atoms with Crippen LogP contribution in [0.2, 0.25) is 0 Å². The van der Waals surface area contributed by atoms with Gasteiger partial charge in [-0.15, -0.1) is 0 Å². The molecule has 0 aliphatic carbocycles. The number of hydrogen-bond donors (Lipinski definition) is 5. The van der Waals surface area contributed by atoms with Gasteiger partial charge in [0.2, 0.25) is 11.8 Å². The van der Waals surface area contributed by atoms with Gasteiger partial charge in [0.15, 0.2) is 0 Å². The van der Waals surface area contributed by atoms with Crippen molar-refractivity contribution >= 4 is 11.8 Å². The van der Waals surface area contributed by atoms with Gasteiger partial charge in [-0.25, -0.2) is 0 Å². The minimum absolute atomic E-state index is 0.00984. The highest BCUT2D eigenvalue weighted by atomic mass is 16.5. The second-order valence-electron chi connectivity index (χ2n) is 6.32. The normalized spacial score (nSPS) is 10.7. The summed E-state index contributed by atoms with van der Waals surface area (Å²) in [5.74, 6) is -0.494. The number of rotatable bonds is 15. The predicted molar refractivity (Wildman–Crippen MR) is 106 cm³/mol. The molecule has 0 heterocycles.